The molecule has 4 rings (SSSR count). The number of ether oxygens (including phenoxy) is 1. The first kappa shape index (κ1) is 19.4. The van der Waals surface area contributed by atoms with Crippen LogP contribution in [0.2, 0.25) is 0 Å². The Morgan fingerprint density at radius 1 is 1.29 bits per heavy atom. The van der Waals surface area contributed by atoms with Crippen LogP contribution in [0, 0.1) is 5.41 Å². The van der Waals surface area contributed by atoms with E-state index >= 15 is 0 Å². The molecule has 1 spiro atoms. The Morgan fingerprint density at radius 3 is 2.61 bits per heavy atom. The van der Waals surface area contributed by atoms with Gasteiger partial charge < -0.3 is 14.5 Å². The summed E-state index contributed by atoms with van der Waals surface area (Å²) >= 11 is 0. The van der Waals surface area contributed by atoms with Gasteiger partial charge in [0.1, 0.15) is 11.8 Å². The van der Waals surface area contributed by atoms with Crippen LogP contribution in [0.5, 0.6) is 0 Å². The molecule has 1 saturated carbocycles. The second-order valence-corrected chi connectivity index (χ2v) is 9.83. The minimum atomic E-state index is -0.302. The van der Waals surface area contributed by atoms with Gasteiger partial charge in [-0.3, -0.25) is 14.6 Å². The second-order valence-electron chi connectivity index (χ2n) is 9.83. The summed E-state index contributed by atoms with van der Waals surface area (Å²) in [6.07, 6.45) is 5.52. The van der Waals surface area contributed by atoms with Crippen LogP contribution in [-0.4, -0.2) is 65.5 Å². The molecule has 6 heteroatoms. The van der Waals surface area contributed by atoms with E-state index in [9.17, 15) is 9.59 Å². The molecule has 28 heavy (non-hydrogen) atoms. The maximum atomic E-state index is 12.8. The largest absolute Gasteiger partial charge is 0.368 e. The molecular formula is C22H31N3O3. The number of carbonyl (C=O) groups is 2. The van der Waals surface area contributed by atoms with Crippen LogP contribution in [0.15, 0.2) is 18.3 Å². The first-order valence-electron chi connectivity index (χ1n) is 10.3. The highest BCUT2D eigenvalue weighted by molar-refractivity contribution is 5.92. The Hall–Kier alpha value is -1.95. The molecule has 2 unspecified atom stereocenters. The lowest BCUT2D eigenvalue weighted by atomic mass is 9.88. The van der Waals surface area contributed by atoms with Crippen molar-refractivity contribution in [2.45, 2.75) is 64.0 Å². The molecule has 0 aromatic carbocycles. The molecule has 2 atom stereocenters. The topological polar surface area (TPSA) is 62.7 Å². The van der Waals surface area contributed by atoms with Crippen molar-refractivity contribution in [3.8, 4) is 0 Å². The third-order valence-electron chi connectivity index (χ3n) is 6.64. The SMILES string of the molecule is CN(C(=O)C1CC2(CC2)CO1)C1CCN(C(=O)c2ccc(C(C)(C)C)cn2)C1. The van der Waals surface area contributed by atoms with Crippen molar-refractivity contribution in [3.63, 3.8) is 0 Å². The molecule has 3 aliphatic rings. The highest BCUT2D eigenvalue weighted by Crippen LogP contribution is 2.54. The van der Waals surface area contributed by atoms with Gasteiger partial charge in [0.25, 0.3) is 11.8 Å². The Labute approximate surface area is 167 Å². The predicted octanol–water partition coefficient (Wildman–Crippen LogP) is 2.62. The van der Waals surface area contributed by atoms with Crippen molar-refractivity contribution in [1.82, 2.24) is 14.8 Å². The summed E-state index contributed by atoms with van der Waals surface area (Å²) in [6, 6.07) is 3.84. The lowest BCUT2D eigenvalue weighted by Gasteiger charge is -2.27. The molecule has 2 saturated heterocycles. The van der Waals surface area contributed by atoms with Crippen LogP contribution >= 0.6 is 0 Å². The summed E-state index contributed by atoms with van der Waals surface area (Å²) < 4.78 is 5.77. The van der Waals surface area contributed by atoms with Gasteiger partial charge in [0.05, 0.1) is 12.6 Å². The van der Waals surface area contributed by atoms with Crippen LogP contribution in [0.4, 0.5) is 0 Å². The zero-order valence-electron chi connectivity index (χ0n) is 17.4. The minimum Gasteiger partial charge on any atom is -0.368 e. The van der Waals surface area contributed by atoms with Crippen molar-refractivity contribution in [1.29, 1.82) is 0 Å². The van der Waals surface area contributed by atoms with E-state index in [1.165, 1.54) is 12.8 Å². The molecule has 3 heterocycles. The van der Waals surface area contributed by atoms with Gasteiger partial charge in [0.2, 0.25) is 0 Å². The van der Waals surface area contributed by atoms with E-state index in [1.54, 1.807) is 11.1 Å². The van der Waals surface area contributed by atoms with Crippen LogP contribution in [0.25, 0.3) is 0 Å². The summed E-state index contributed by atoms with van der Waals surface area (Å²) in [5.41, 5.74) is 1.89. The van der Waals surface area contributed by atoms with Gasteiger partial charge in [-0.25, -0.2) is 0 Å². The maximum absolute atomic E-state index is 12.8. The standard InChI is InChI=1S/C22H31N3O3/c1-21(2,3)15-5-6-17(23-12-15)19(26)25-10-7-16(13-25)24(4)20(27)18-11-22(8-9-22)14-28-18/h5-6,12,16,18H,7-11,13-14H2,1-4H3. The van der Waals surface area contributed by atoms with Gasteiger partial charge in [-0.2, -0.15) is 0 Å². The number of rotatable bonds is 3. The molecule has 0 N–H and O–H groups in total. The molecule has 152 valence electrons. The Morgan fingerprint density at radius 2 is 2.04 bits per heavy atom. The number of hydrogen-bond acceptors (Lipinski definition) is 4. The van der Waals surface area contributed by atoms with E-state index in [-0.39, 0.29) is 29.4 Å². The number of likely N-dealkylation sites (N-methyl/N-ethyl adjacent to an activating group) is 1. The monoisotopic (exact) mass is 385 g/mol. The summed E-state index contributed by atoms with van der Waals surface area (Å²) in [5, 5.41) is 0. The predicted molar refractivity (Wildman–Crippen MR) is 106 cm³/mol. The molecule has 2 aliphatic heterocycles. The molecule has 0 bridgehead atoms. The molecule has 6 nitrogen and oxygen atoms in total. The summed E-state index contributed by atoms with van der Waals surface area (Å²) in [7, 11) is 1.85. The van der Waals surface area contributed by atoms with Crippen LogP contribution in [0.3, 0.4) is 0 Å². The number of hydrogen-bond donors (Lipinski definition) is 0. The van der Waals surface area contributed by atoms with E-state index in [2.05, 4.69) is 25.8 Å². The number of aromatic nitrogens is 1. The van der Waals surface area contributed by atoms with Gasteiger partial charge in [-0.15, -0.1) is 0 Å². The van der Waals surface area contributed by atoms with Crippen molar-refractivity contribution in [2.24, 2.45) is 5.41 Å². The first-order chi connectivity index (χ1) is 13.2. The molecule has 3 fully saturated rings. The van der Waals surface area contributed by atoms with Gasteiger partial charge in [-0.05, 0) is 48.1 Å². The van der Waals surface area contributed by atoms with Crippen LogP contribution in [0.1, 0.15) is 62.5 Å². The molecule has 1 aromatic rings. The Balaban J connectivity index is 1.35. The molecular weight excluding hydrogens is 354 g/mol. The van der Waals surface area contributed by atoms with Crippen LogP contribution in [-0.2, 0) is 14.9 Å². The normalized spacial score (nSPS) is 25.9. The summed E-state index contributed by atoms with van der Waals surface area (Å²) in [4.78, 5) is 33.6. The van der Waals surface area contributed by atoms with E-state index in [1.807, 2.05) is 24.1 Å². The van der Waals surface area contributed by atoms with Crippen molar-refractivity contribution in [2.75, 3.05) is 26.7 Å². The minimum absolute atomic E-state index is 0.0117. The number of pyridine rings is 1. The van der Waals surface area contributed by atoms with Gasteiger partial charge >= 0.3 is 0 Å². The highest BCUT2D eigenvalue weighted by atomic mass is 16.5. The average molecular weight is 386 g/mol. The zero-order valence-corrected chi connectivity index (χ0v) is 17.4. The smallest absolute Gasteiger partial charge is 0.272 e. The van der Waals surface area contributed by atoms with E-state index in [4.69, 9.17) is 4.74 Å². The Bertz CT molecular complexity index is 764. The second kappa shape index (κ2) is 6.83. The van der Waals surface area contributed by atoms with E-state index in [0.717, 1.165) is 25.0 Å². The maximum Gasteiger partial charge on any atom is 0.272 e. The van der Waals surface area contributed by atoms with E-state index < -0.39 is 0 Å². The fraction of sp³-hybridized carbons (Fsp3) is 0.682. The van der Waals surface area contributed by atoms with Crippen molar-refractivity contribution >= 4 is 11.8 Å². The highest BCUT2D eigenvalue weighted by Gasteiger charge is 2.52. The number of likely N-dealkylation sites (tertiary alicyclic amines) is 1. The van der Waals surface area contributed by atoms with Gasteiger partial charge in [0, 0.05) is 26.3 Å². The van der Waals surface area contributed by atoms with Gasteiger partial charge in [-0.1, -0.05) is 26.8 Å². The van der Waals surface area contributed by atoms with Gasteiger partial charge in [0.15, 0.2) is 0 Å². The summed E-state index contributed by atoms with van der Waals surface area (Å²) in [6.45, 7) is 8.32. The molecule has 0 radical (unpaired) electrons. The van der Waals surface area contributed by atoms with Crippen molar-refractivity contribution in [3.05, 3.63) is 29.6 Å². The first-order valence-corrected chi connectivity index (χ1v) is 10.3. The van der Waals surface area contributed by atoms with Crippen molar-refractivity contribution < 1.29 is 14.3 Å². The lowest BCUT2D eigenvalue weighted by Crippen LogP contribution is -2.44. The lowest BCUT2D eigenvalue weighted by molar-refractivity contribution is -0.141. The quantitative estimate of drug-likeness (QED) is 0.802. The fourth-order valence-electron chi connectivity index (χ4n) is 4.25. The summed E-state index contributed by atoms with van der Waals surface area (Å²) in [5.74, 6) is 0.00795. The third kappa shape index (κ3) is 3.66. The third-order valence-corrected chi connectivity index (χ3v) is 6.64. The molecule has 2 amide bonds. The number of carbonyl (C=O) groups excluding carboxylic acids is 2. The number of amides is 2. The Kier molecular flexibility index (Phi) is 4.73. The molecule has 1 aromatic heterocycles. The zero-order chi connectivity index (χ0) is 20.1. The molecule has 1 aliphatic carbocycles. The average Bonchev–Trinajstić information content (AvgIpc) is 3.07. The van der Waals surface area contributed by atoms with E-state index in [0.29, 0.717) is 24.2 Å². The van der Waals surface area contributed by atoms with Crippen LogP contribution < -0.4 is 0 Å². The fourth-order valence-corrected chi connectivity index (χ4v) is 4.25. The number of nitrogens with zero attached hydrogens (tertiary/aromatic N) is 3.